The van der Waals surface area contributed by atoms with Gasteiger partial charge in [0.25, 0.3) is 0 Å². The fraction of sp³-hybridized carbons (Fsp3) is 0.357. The predicted molar refractivity (Wildman–Crippen MR) is 85.3 cm³/mol. The van der Waals surface area contributed by atoms with Gasteiger partial charge < -0.3 is 10.6 Å². The number of nitrogens with one attached hydrogen (secondary N) is 2. The van der Waals surface area contributed by atoms with Gasteiger partial charge in [-0.1, -0.05) is 13.0 Å². The van der Waals surface area contributed by atoms with Crippen LogP contribution in [0, 0.1) is 0 Å². The highest BCUT2D eigenvalue weighted by atomic mass is 32.2. The minimum atomic E-state index is -3.29. The summed E-state index contributed by atoms with van der Waals surface area (Å²) in [5.74, 6) is 0.867. The smallest absolute Gasteiger partial charge is 0.238 e. The molecule has 0 radical (unpaired) electrons. The number of rotatable bonds is 4. The van der Waals surface area contributed by atoms with Crippen LogP contribution < -0.4 is 10.6 Å². The van der Waals surface area contributed by atoms with Crippen molar-refractivity contribution in [2.45, 2.75) is 13.3 Å². The maximum atomic E-state index is 12.3. The van der Waals surface area contributed by atoms with Crippen LogP contribution in [-0.4, -0.2) is 37.2 Å². The Morgan fingerprint density at radius 2 is 2.24 bits per heavy atom. The summed E-state index contributed by atoms with van der Waals surface area (Å²) in [4.78, 5) is 4.27. The molecule has 1 aromatic carbocycles. The SMILES string of the molecule is CCCS(=O)(=O)n1ccc2ccc(NC3=NCCN3)cc21. The second-order valence-electron chi connectivity index (χ2n) is 4.98. The van der Waals surface area contributed by atoms with Gasteiger partial charge in [0.2, 0.25) is 10.0 Å². The largest absolute Gasteiger partial charge is 0.354 e. The molecule has 0 unspecified atom stereocenters. The van der Waals surface area contributed by atoms with Gasteiger partial charge in [-0.05, 0) is 24.6 Å². The maximum Gasteiger partial charge on any atom is 0.238 e. The molecule has 0 aliphatic carbocycles. The van der Waals surface area contributed by atoms with Crippen LogP contribution in [0.4, 0.5) is 5.69 Å². The number of nitrogens with zero attached hydrogens (tertiary/aromatic N) is 2. The summed E-state index contributed by atoms with van der Waals surface area (Å²) in [6.45, 7) is 3.44. The maximum absolute atomic E-state index is 12.3. The Morgan fingerprint density at radius 1 is 1.38 bits per heavy atom. The Bertz CT molecular complexity index is 792. The minimum Gasteiger partial charge on any atom is -0.354 e. The molecule has 0 fully saturated rings. The van der Waals surface area contributed by atoms with Crippen molar-refractivity contribution in [1.29, 1.82) is 0 Å². The Hall–Kier alpha value is -2.02. The van der Waals surface area contributed by atoms with E-state index in [0.29, 0.717) is 11.9 Å². The van der Waals surface area contributed by atoms with E-state index in [-0.39, 0.29) is 5.75 Å². The van der Waals surface area contributed by atoms with E-state index in [4.69, 9.17) is 0 Å². The van der Waals surface area contributed by atoms with Gasteiger partial charge in [-0.15, -0.1) is 0 Å². The molecular formula is C14H18N4O2S. The van der Waals surface area contributed by atoms with Crippen molar-refractivity contribution in [3.8, 4) is 0 Å². The lowest BCUT2D eigenvalue weighted by Gasteiger charge is -2.09. The second-order valence-corrected chi connectivity index (χ2v) is 6.95. The van der Waals surface area contributed by atoms with Crippen molar-refractivity contribution in [2.24, 2.45) is 4.99 Å². The Kier molecular flexibility index (Phi) is 3.59. The zero-order valence-corrected chi connectivity index (χ0v) is 12.7. The molecule has 1 aliphatic rings. The van der Waals surface area contributed by atoms with Gasteiger partial charge in [-0.2, -0.15) is 0 Å². The number of hydrogen-bond acceptors (Lipinski definition) is 5. The molecular weight excluding hydrogens is 288 g/mol. The van der Waals surface area contributed by atoms with E-state index < -0.39 is 10.0 Å². The minimum absolute atomic E-state index is 0.142. The van der Waals surface area contributed by atoms with Gasteiger partial charge in [0.05, 0.1) is 17.8 Å². The lowest BCUT2D eigenvalue weighted by atomic mass is 10.2. The van der Waals surface area contributed by atoms with Crippen molar-refractivity contribution in [3.05, 3.63) is 30.5 Å². The number of hydrogen-bond donors (Lipinski definition) is 2. The average molecular weight is 306 g/mol. The van der Waals surface area contributed by atoms with Crippen molar-refractivity contribution >= 4 is 32.6 Å². The molecule has 1 aromatic heterocycles. The quantitative estimate of drug-likeness (QED) is 0.899. The first-order chi connectivity index (χ1) is 10.1. The molecule has 0 atom stereocenters. The summed E-state index contributed by atoms with van der Waals surface area (Å²) < 4.78 is 25.9. The monoisotopic (exact) mass is 306 g/mol. The van der Waals surface area contributed by atoms with Crippen LogP contribution in [0.5, 0.6) is 0 Å². The predicted octanol–water partition coefficient (Wildman–Crippen LogP) is 1.60. The standard InChI is InChI=1S/C14H18N4O2S/c1-2-9-21(19,20)18-8-5-11-3-4-12(10-13(11)18)17-14-15-6-7-16-14/h3-5,8,10H,2,6-7,9H2,1H3,(H2,15,16,17). The summed E-state index contributed by atoms with van der Waals surface area (Å²) >= 11 is 0. The first-order valence-corrected chi connectivity index (χ1v) is 8.61. The zero-order valence-electron chi connectivity index (χ0n) is 11.8. The van der Waals surface area contributed by atoms with Crippen molar-refractivity contribution in [3.63, 3.8) is 0 Å². The van der Waals surface area contributed by atoms with Crippen LogP contribution in [0.3, 0.4) is 0 Å². The number of aliphatic imine (C=N–C) groups is 1. The molecule has 0 saturated heterocycles. The molecule has 0 saturated carbocycles. The number of guanidine groups is 1. The topological polar surface area (TPSA) is 75.5 Å². The van der Waals surface area contributed by atoms with Crippen molar-refractivity contribution in [1.82, 2.24) is 9.29 Å². The fourth-order valence-electron chi connectivity index (χ4n) is 2.40. The number of aromatic nitrogens is 1. The molecule has 1 aliphatic heterocycles. The summed E-state index contributed by atoms with van der Waals surface area (Å²) in [6.07, 6.45) is 2.21. The normalized spacial score (nSPS) is 15.0. The molecule has 7 heteroatoms. The van der Waals surface area contributed by atoms with Gasteiger partial charge in [-0.3, -0.25) is 4.99 Å². The van der Waals surface area contributed by atoms with Gasteiger partial charge in [0.15, 0.2) is 5.96 Å². The van der Waals surface area contributed by atoms with Gasteiger partial charge in [-0.25, -0.2) is 12.4 Å². The molecule has 21 heavy (non-hydrogen) atoms. The van der Waals surface area contributed by atoms with E-state index in [9.17, 15) is 8.42 Å². The molecule has 2 heterocycles. The third-order valence-corrected chi connectivity index (χ3v) is 5.20. The van der Waals surface area contributed by atoms with E-state index in [1.54, 1.807) is 6.20 Å². The highest BCUT2D eigenvalue weighted by Crippen LogP contribution is 2.22. The van der Waals surface area contributed by atoms with Crippen LogP contribution in [0.25, 0.3) is 10.9 Å². The van der Waals surface area contributed by atoms with E-state index in [1.165, 1.54) is 3.97 Å². The number of anilines is 1. The van der Waals surface area contributed by atoms with Gasteiger partial charge >= 0.3 is 0 Å². The first-order valence-electron chi connectivity index (χ1n) is 7.00. The summed E-state index contributed by atoms with van der Waals surface area (Å²) in [5, 5.41) is 7.19. The van der Waals surface area contributed by atoms with E-state index in [0.717, 1.165) is 30.1 Å². The zero-order chi connectivity index (χ0) is 14.9. The highest BCUT2D eigenvalue weighted by Gasteiger charge is 2.15. The third kappa shape index (κ3) is 2.73. The molecule has 6 nitrogen and oxygen atoms in total. The Morgan fingerprint density at radius 3 is 2.95 bits per heavy atom. The molecule has 2 N–H and O–H groups in total. The van der Waals surface area contributed by atoms with Gasteiger partial charge in [0.1, 0.15) is 0 Å². The Labute approximate surface area is 123 Å². The van der Waals surface area contributed by atoms with E-state index >= 15 is 0 Å². The molecule has 2 aromatic rings. The second kappa shape index (κ2) is 5.40. The average Bonchev–Trinajstić information content (AvgIpc) is 3.07. The van der Waals surface area contributed by atoms with Crippen molar-refractivity contribution in [2.75, 3.05) is 24.2 Å². The summed E-state index contributed by atoms with van der Waals surface area (Å²) in [5.41, 5.74) is 1.51. The molecule has 3 rings (SSSR count). The van der Waals surface area contributed by atoms with E-state index in [2.05, 4.69) is 15.6 Å². The van der Waals surface area contributed by atoms with Crippen LogP contribution in [0.15, 0.2) is 35.5 Å². The van der Waals surface area contributed by atoms with E-state index in [1.807, 2.05) is 31.2 Å². The van der Waals surface area contributed by atoms with Crippen LogP contribution in [0.1, 0.15) is 13.3 Å². The molecule has 112 valence electrons. The fourth-order valence-corrected chi connectivity index (χ4v) is 3.82. The van der Waals surface area contributed by atoms with Crippen LogP contribution >= 0.6 is 0 Å². The highest BCUT2D eigenvalue weighted by molar-refractivity contribution is 7.90. The van der Waals surface area contributed by atoms with Gasteiger partial charge in [0, 0.05) is 23.8 Å². The third-order valence-electron chi connectivity index (χ3n) is 3.36. The summed E-state index contributed by atoms with van der Waals surface area (Å²) in [7, 11) is -3.29. The Balaban J connectivity index is 1.99. The molecule has 0 spiro atoms. The van der Waals surface area contributed by atoms with Crippen LogP contribution in [-0.2, 0) is 10.0 Å². The lowest BCUT2D eigenvalue weighted by Crippen LogP contribution is -2.26. The first kappa shape index (κ1) is 13.9. The van der Waals surface area contributed by atoms with Crippen LogP contribution in [0.2, 0.25) is 0 Å². The number of fused-ring (bicyclic) bond motifs is 1. The molecule has 0 bridgehead atoms. The lowest BCUT2D eigenvalue weighted by molar-refractivity contribution is 0.587. The summed E-state index contributed by atoms with van der Waals surface area (Å²) in [6, 6.07) is 7.48. The molecule has 0 amide bonds. The van der Waals surface area contributed by atoms with Crippen molar-refractivity contribution < 1.29 is 8.42 Å². The number of benzene rings is 1.